The van der Waals surface area contributed by atoms with Gasteiger partial charge in [0, 0.05) is 34.8 Å². The second-order valence-corrected chi connectivity index (χ2v) is 10.9. The first kappa shape index (κ1) is 25.9. The van der Waals surface area contributed by atoms with Gasteiger partial charge in [0.2, 0.25) is 0 Å². The largest absolute Gasteiger partial charge is 0.455 e. The number of halogens is 1. The van der Waals surface area contributed by atoms with E-state index in [9.17, 15) is 14.0 Å². The summed E-state index contributed by atoms with van der Waals surface area (Å²) in [6.45, 7) is 7.73. The van der Waals surface area contributed by atoms with Crippen molar-refractivity contribution in [3.8, 4) is 22.5 Å². The molecule has 0 saturated heterocycles. The molecule has 3 aromatic carbocycles. The van der Waals surface area contributed by atoms with Crippen molar-refractivity contribution < 1.29 is 22.8 Å². The number of carbonyl (C=O) groups is 2. The van der Waals surface area contributed by atoms with Crippen LogP contribution in [0.3, 0.4) is 0 Å². The molecule has 0 bridgehead atoms. The quantitative estimate of drug-likeness (QED) is 0.186. The van der Waals surface area contributed by atoms with Gasteiger partial charge in [-0.1, -0.05) is 19.1 Å². The minimum atomic E-state index is -0.353. The number of rotatable bonds is 8. The average molecular weight is 536 g/mol. The van der Waals surface area contributed by atoms with Crippen molar-refractivity contribution in [2.45, 2.75) is 58.8 Å². The fraction of sp³-hybridized carbons (Fsp3) is 0.265. The first-order valence-electron chi connectivity index (χ1n) is 13.6. The van der Waals surface area contributed by atoms with E-state index in [4.69, 9.17) is 8.83 Å². The molecule has 0 radical (unpaired) electrons. The highest BCUT2D eigenvalue weighted by Gasteiger charge is 2.49. The second-order valence-electron chi connectivity index (χ2n) is 10.9. The summed E-state index contributed by atoms with van der Waals surface area (Å²) in [4.78, 5) is 31.0. The molecule has 40 heavy (non-hydrogen) atoms. The molecule has 2 heterocycles. The zero-order valence-corrected chi connectivity index (χ0v) is 23.1. The van der Waals surface area contributed by atoms with Gasteiger partial charge in [0.1, 0.15) is 22.9 Å². The van der Waals surface area contributed by atoms with E-state index in [1.165, 1.54) is 18.5 Å². The monoisotopic (exact) mass is 535 g/mol. The maximum absolute atomic E-state index is 13.7. The zero-order valence-electron chi connectivity index (χ0n) is 23.1. The van der Waals surface area contributed by atoms with Crippen LogP contribution in [0.1, 0.15) is 75.9 Å². The van der Waals surface area contributed by atoms with Gasteiger partial charge in [-0.3, -0.25) is 9.59 Å². The number of carbonyl (C=O) groups excluding carboxylic acids is 2. The molecule has 0 unspecified atom stereocenters. The minimum Gasteiger partial charge on any atom is -0.455 e. The summed E-state index contributed by atoms with van der Waals surface area (Å²) in [6.07, 6.45) is 3.96. The van der Waals surface area contributed by atoms with Crippen LogP contribution in [0.15, 0.2) is 69.8 Å². The second kappa shape index (κ2) is 9.70. The summed E-state index contributed by atoms with van der Waals surface area (Å²) in [5, 5.41) is 0.703. The molecule has 1 aliphatic rings. The lowest BCUT2D eigenvalue weighted by Crippen LogP contribution is -2.15. The number of aromatic nitrogens is 1. The average Bonchev–Trinajstić information content (AvgIpc) is 3.39. The van der Waals surface area contributed by atoms with Gasteiger partial charge in [0.05, 0.1) is 11.3 Å². The third kappa shape index (κ3) is 4.37. The van der Waals surface area contributed by atoms with Crippen LogP contribution in [0.5, 0.6) is 0 Å². The summed E-state index contributed by atoms with van der Waals surface area (Å²) in [6, 6.07) is 15.7. The lowest BCUT2D eigenvalue weighted by molar-refractivity contribution is 0.0962. The fourth-order valence-electron chi connectivity index (χ4n) is 5.84. The molecule has 1 saturated carbocycles. The van der Waals surface area contributed by atoms with E-state index in [0.29, 0.717) is 46.3 Å². The molecule has 6 heteroatoms. The number of oxazole rings is 1. The number of fused-ring (bicyclic) bond motifs is 1. The molecule has 202 valence electrons. The highest BCUT2D eigenvalue weighted by atomic mass is 19.1. The van der Waals surface area contributed by atoms with Crippen LogP contribution in [-0.2, 0) is 5.41 Å². The SMILES string of the molecule is CCC(=O)c1c(-c2ccc(F)cc2)oc2ccc(-c3cc(C(=O)CC4(c5ocnc5C)CC4)c(C)cc3C)cc12. The van der Waals surface area contributed by atoms with Crippen molar-refractivity contribution in [2.75, 3.05) is 0 Å². The molecule has 0 N–H and O–H groups in total. The summed E-state index contributed by atoms with van der Waals surface area (Å²) >= 11 is 0. The Hall–Kier alpha value is -4.32. The summed E-state index contributed by atoms with van der Waals surface area (Å²) in [5.41, 5.74) is 6.77. The number of ketones is 2. The molecule has 5 nitrogen and oxygen atoms in total. The highest BCUT2D eigenvalue weighted by Crippen LogP contribution is 2.52. The molecule has 5 aromatic rings. The highest BCUT2D eigenvalue weighted by molar-refractivity contribution is 6.13. The van der Waals surface area contributed by atoms with Crippen molar-refractivity contribution in [1.29, 1.82) is 0 Å². The maximum Gasteiger partial charge on any atom is 0.181 e. The summed E-state index contributed by atoms with van der Waals surface area (Å²) in [7, 11) is 0. The smallest absolute Gasteiger partial charge is 0.181 e. The fourth-order valence-corrected chi connectivity index (χ4v) is 5.84. The Morgan fingerprint density at radius 1 is 0.925 bits per heavy atom. The summed E-state index contributed by atoms with van der Waals surface area (Å²) in [5.74, 6) is 0.935. The third-order valence-electron chi connectivity index (χ3n) is 8.16. The lowest BCUT2D eigenvalue weighted by atomic mass is 9.87. The number of furan rings is 1. The Kier molecular flexibility index (Phi) is 6.29. The molecule has 1 aliphatic carbocycles. The third-order valence-corrected chi connectivity index (χ3v) is 8.16. The van der Waals surface area contributed by atoms with E-state index in [-0.39, 0.29) is 22.8 Å². The number of hydrogen-bond acceptors (Lipinski definition) is 5. The van der Waals surface area contributed by atoms with Crippen LogP contribution in [-0.4, -0.2) is 16.6 Å². The molecule has 6 rings (SSSR count). The van der Waals surface area contributed by atoms with Crippen LogP contribution in [0.25, 0.3) is 33.4 Å². The van der Waals surface area contributed by atoms with Gasteiger partial charge in [0.15, 0.2) is 18.0 Å². The van der Waals surface area contributed by atoms with Crippen molar-refractivity contribution >= 4 is 22.5 Å². The van der Waals surface area contributed by atoms with Crippen LogP contribution in [0.2, 0.25) is 0 Å². The van der Waals surface area contributed by atoms with Crippen molar-refractivity contribution in [2.24, 2.45) is 0 Å². The summed E-state index contributed by atoms with van der Waals surface area (Å²) < 4.78 is 25.4. The Morgan fingerprint density at radius 2 is 1.65 bits per heavy atom. The molecule has 2 aromatic heterocycles. The van der Waals surface area contributed by atoms with Gasteiger partial charge in [-0.05, 0) is 98.3 Å². The first-order chi connectivity index (χ1) is 19.2. The Balaban J connectivity index is 1.42. The number of nitrogens with zero attached hydrogens (tertiary/aromatic N) is 1. The standard InChI is InChI=1S/C34H30FNO4/c1-5-28(37)31-27-15-23(8-11-30(27)40-32(31)22-6-9-24(35)10-7-22)25-16-26(20(3)14-19(25)2)29(38)17-34(12-13-34)33-21(4)36-18-39-33/h6-11,14-16,18H,5,12-13,17H2,1-4H3. The van der Waals surface area contributed by atoms with Crippen LogP contribution in [0.4, 0.5) is 4.39 Å². The van der Waals surface area contributed by atoms with Gasteiger partial charge < -0.3 is 8.83 Å². The van der Waals surface area contributed by atoms with E-state index in [1.807, 2.05) is 58.0 Å². The first-order valence-corrected chi connectivity index (χ1v) is 13.6. The number of aryl methyl sites for hydroxylation is 3. The van der Waals surface area contributed by atoms with Gasteiger partial charge in [0.25, 0.3) is 0 Å². The number of benzene rings is 3. The molecular weight excluding hydrogens is 505 g/mol. The Bertz CT molecular complexity index is 1790. The van der Waals surface area contributed by atoms with Crippen molar-refractivity contribution in [3.05, 3.63) is 101 Å². The predicted octanol–water partition coefficient (Wildman–Crippen LogP) is 8.72. The normalized spacial score (nSPS) is 14.0. The minimum absolute atomic E-state index is 0.0517. The van der Waals surface area contributed by atoms with Gasteiger partial charge in [-0.25, -0.2) is 9.37 Å². The molecule has 0 atom stereocenters. The van der Waals surface area contributed by atoms with E-state index < -0.39 is 0 Å². The van der Waals surface area contributed by atoms with Crippen molar-refractivity contribution in [1.82, 2.24) is 4.98 Å². The zero-order chi connectivity index (χ0) is 28.2. The topological polar surface area (TPSA) is 73.3 Å². The number of Topliss-reactive ketones (excluding diaryl/α,β-unsaturated/α-hetero) is 2. The lowest BCUT2D eigenvalue weighted by Gasteiger charge is -2.16. The molecule has 0 amide bonds. The molecule has 1 fully saturated rings. The van der Waals surface area contributed by atoms with E-state index in [0.717, 1.165) is 46.5 Å². The molecular formula is C34H30FNO4. The number of hydrogen-bond donors (Lipinski definition) is 0. The van der Waals surface area contributed by atoms with E-state index >= 15 is 0 Å². The van der Waals surface area contributed by atoms with E-state index in [2.05, 4.69) is 4.98 Å². The maximum atomic E-state index is 13.7. The van der Waals surface area contributed by atoms with Crippen LogP contribution >= 0.6 is 0 Å². The van der Waals surface area contributed by atoms with Crippen LogP contribution < -0.4 is 0 Å². The van der Waals surface area contributed by atoms with Crippen molar-refractivity contribution in [3.63, 3.8) is 0 Å². The van der Waals surface area contributed by atoms with Crippen LogP contribution in [0, 0.1) is 26.6 Å². The van der Waals surface area contributed by atoms with Gasteiger partial charge >= 0.3 is 0 Å². The van der Waals surface area contributed by atoms with Gasteiger partial charge in [-0.15, -0.1) is 0 Å². The van der Waals surface area contributed by atoms with E-state index in [1.54, 1.807) is 12.1 Å². The molecule has 0 aliphatic heterocycles. The Morgan fingerprint density at radius 3 is 2.30 bits per heavy atom. The predicted molar refractivity (Wildman–Crippen MR) is 152 cm³/mol. The van der Waals surface area contributed by atoms with Gasteiger partial charge in [-0.2, -0.15) is 0 Å². The Labute approximate surface area is 232 Å². The molecule has 0 spiro atoms.